The van der Waals surface area contributed by atoms with Gasteiger partial charge >= 0.3 is 12.0 Å². The van der Waals surface area contributed by atoms with E-state index in [-0.39, 0.29) is 12.2 Å². The Kier molecular flexibility index (Phi) is 6.28. The molecule has 0 unspecified atom stereocenters. The lowest BCUT2D eigenvalue weighted by atomic mass is 10.1. The number of para-hydroxylation sites is 1. The summed E-state index contributed by atoms with van der Waals surface area (Å²) < 4.78 is 4.76. The molecule has 9 heteroatoms. The van der Waals surface area contributed by atoms with Crippen molar-refractivity contribution in [3.05, 3.63) is 63.7 Å². The third kappa shape index (κ3) is 4.81. The van der Waals surface area contributed by atoms with E-state index in [0.29, 0.717) is 16.8 Å². The van der Waals surface area contributed by atoms with Crippen LogP contribution in [-0.2, 0) is 11.3 Å². The van der Waals surface area contributed by atoms with Crippen LogP contribution in [0.3, 0.4) is 0 Å². The molecule has 0 aliphatic carbocycles. The third-order valence-electron chi connectivity index (χ3n) is 4.74. The highest BCUT2D eigenvalue weighted by Crippen LogP contribution is 2.30. The normalized spacial score (nSPS) is 13.1. The molecule has 1 aliphatic heterocycles. The number of urea groups is 1. The number of amides is 2. The molecule has 1 aliphatic rings. The second-order valence-corrected chi connectivity index (χ2v) is 6.61. The van der Waals surface area contributed by atoms with Gasteiger partial charge in [-0.05, 0) is 31.0 Å². The van der Waals surface area contributed by atoms with Gasteiger partial charge in [0.1, 0.15) is 0 Å². The van der Waals surface area contributed by atoms with E-state index in [2.05, 4.69) is 15.5 Å². The molecular weight excluding hydrogens is 376 g/mol. The molecule has 2 amide bonds. The summed E-state index contributed by atoms with van der Waals surface area (Å²) in [6.07, 6.45) is 2.12. The van der Waals surface area contributed by atoms with E-state index >= 15 is 0 Å². The van der Waals surface area contributed by atoms with E-state index < -0.39 is 16.9 Å². The Morgan fingerprint density at radius 3 is 2.59 bits per heavy atom. The first-order chi connectivity index (χ1) is 14.0. The van der Waals surface area contributed by atoms with E-state index in [1.165, 1.54) is 13.2 Å². The van der Waals surface area contributed by atoms with Gasteiger partial charge in [-0.3, -0.25) is 10.1 Å². The highest BCUT2D eigenvalue weighted by molar-refractivity contribution is 5.97. The molecule has 29 heavy (non-hydrogen) atoms. The SMILES string of the molecule is COC(=O)c1ccc(N2CCCC2)c(NC(=O)NCc2ccccc2[N+](=O)[O-])c1. The molecule has 9 nitrogen and oxygen atoms in total. The smallest absolute Gasteiger partial charge is 0.337 e. The fourth-order valence-electron chi connectivity index (χ4n) is 3.30. The van der Waals surface area contributed by atoms with Crippen LogP contribution in [0.4, 0.5) is 21.9 Å². The molecule has 1 heterocycles. The Labute approximate surface area is 167 Å². The Hall–Kier alpha value is -3.62. The number of nitro benzene ring substituents is 1. The van der Waals surface area contributed by atoms with Crippen LogP contribution in [0, 0.1) is 10.1 Å². The van der Waals surface area contributed by atoms with Gasteiger partial charge in [0.15, 0.2) is 0 Å². The summed E-state index contributed by atoms with van der Waals surface area (Å²) in [6, 6.07) is 10.7. The van der Waals surface area contributed by atoms with Crippen LogP contribution in [0.25, 0.3) is 0 Å². The van der Waals surface area contributed by atoms with Crippen LogP contribution in [-0.4, -0.2) is 37.1 Å². The van der Waals surface area contributed by atoms with Crippen molar-refractivity contribution in [3.8, 4) is 0 Å². The van der Waals surface area contributed by atoms with Gasteiger partial charge in [0.25, 0.3) is 5.69 Å². The number of carbonyl (C=O) groups excluding carboxylic acids is 2. The van der Waals surface area contributed by atoms with E-state index in [4.69, 9.17) is 4.74 Å². The number of methoxy groups -OCH3 is 1. The molecular formula is C20H22N4O5. The number of anilines is 2. The van der Waals surface area contributed by atoms with E-state index in [9.17, 15) is 19.7 Å². The molecule has 2 aromatic carbocycles. The van der Waals surface area contributed by atoms with Crippen molar-refractivity contribution in [3.63, 3.8) is 0 Å². The van der Waals surface area contributed by atoms with E-state index in [1.54, 1.807) is 36.4 Å². The molecule has 1 fully saturated rings. The first-order valence-electron chi connectivity index (χ1n) is 9.24. The summed E-state index contributed by atoms with van der Waals surface area (Å²) in [6.45, 7) is 1.73. The number of ether oxygens (including phenoxy) is 1. The maximum atomic E-state index is 12.5. The van der Waals surface area contributed by atoms with Gasteiger partial charge in [-0.15, -0.1) is 0 Å². The molecule has 0 spiro atoms. The Morgan fingerprint density at radius 1 is 1.17 bits per heavy atom. The number of nitrogens with zero attached hydrogens (tertiary/aromatic N) is 2. The molecule has 152 valence electrons. The van der Waals surface area contributed by atoms with Crippen LogP contribution in [0.2, 0.25) is 0 Å². The average Bonchev–Trinajstić information content (AvgIpc) is 3.26. The first-order valence-corrected chi connectivity index (χ1v) is 9.24. The zero-order chi connectivity index (χ0) is 20.8. The van der Waals surface area contributed by atoms with Gasteiger partial charge in [0, 0.05) is 24.7 Å². The van der Waals surface area contributed by atoms with Crippen molar-refractivity contribution in [2.24, 2.45) is 0 Å². The molecule has 2 aromatic rings. The maximum Gasteiger partial charge on any atom is 0.337 e. The van der Waals surface area contributed by atoms with Crippen LogP contribution in [0.1, 0.15) is 28.8 Å². The van der Waals surface area contributed by atoms with E-state index in [1.807, 2.05) is 0 Å². The zero-order valence-electron chi connectivity index (χ0n) is 16.0. The predicted octanol–water partition coefficient (Wildman–Crippen LogP) is 3.30. The molecule has 2 N–H and O–H groups in total. The van der Waals surface area contributed by atoms with Crippen molar-refractivity contribution in [2.75, 3.05) is 30.4 Å². The summed E-state index contributed by atoms with van der Waals surface area (Å²) in [4.78, 5) is 37.1. The van der Waals surface area contributed by atoms with Gasteiger partial charge < -0.3 is 20.3 Å². The molecule has 0 bridgehead atoms. The van der Waals surface area contributed by atoms with Crippen molar-refractivity contribution in [2.45, 2.75) is 19.4 Å². The highest BCUT2D eigenvalue weighted by atomic mass is 16.6. The number of nitro groups is 1. The summed E-state index contributed by atoms with van der Waals surface area (Å²) in [7, 11) is 1.29. The van der Waals surface area contributed by atoms with Crippen molar-refractivity contribution >= 4 is 29.1 Å². The minimum absolute atomic E-state index is 0.00126. The fourth-order valence-corrected chi connectivity index (χ4v) is 3.30. The number of nitrogens with one attached hydrogen (secondary N) is 2. The molecule has 0 saturated carbocycles. The Balaban J connectivity index is 1.76. The number of carbonyl (C=O) groups is 2. The van der Waals surface area contributed by atoms with Crippen molar-refractivity contribution in [1.82, 2.24) is 5.32 Å². The number of esters is 1. The summed E-state index contributed by atoms with van der Waals surface area (Å²) in [5, 5.41) is 16.5. The van der Waals surface area contributed by atoms with Gasteiger partial charge in [0.05, 0.1) is 35.5 Å². The molecule has 0 atom stereocenters. The standard InChI is InChI=1S/C20H22N4O5/c1-29-19(25)14-8-9-18(23-10-4-5-11-23)16(12-14)22-20(26)21-13-15-6-2-3-7-17(15)24(27)28/h2-3,6-9,12H,4-5,10-11,13H2,1H3,(H2,21,22,26). The lowest BCUT2D eigenvalue weighted by Crippen LogP contribution is -2.30. The van der Waals surface area contributed by atoms with Gasteiger partial charge in [-0.2, -0.15) is 0 Å². The molecule has 1 saturated heterocycles. The average molecular weight is 398 g/mol. The topological polar surface area (TPSA) is 114 Å². The van der Waals surface area contributed by atoms with Crippen LogP contribution in [0.5, 0.6) is 0 Å². The number of hydrogen-bond acceptors (Lipinski definition) is 6. The minimum atomic E-state index is -0.523. The van der Waals surface area contributed by atoms with Crippen LogP contribution in [0.15, 0.2) is 42.5 Å². The van der Waals surface area contributed by atoms with Crippen molar-refractivity contribution < 1.29 is 19.2 Å². The van der Waals surface area contributed by atoms with Gasteiger partial charge in [-0.1, -0.05) is 18.2 Å². The number of hydrogen-bond donors (Lipinski definition) is 2. The zero-order valence-corrected chi connectivity index (χ0v) is 16.0. The van der Waals surface area contributed by atoms with Gasteiger partial charge in [-0.25, -0.2) is 9.59 Å². The Bertz CT molecular complexity index is 925. The van der Waals surface area contributed by atoms with Crippen LogP contribution < -0.4 is 15.5 Å². The van der Waals surface area contributed by atoms with Crippen LogP contribution >= 0.6 is 0 Å². The number of benzene rings is 2. The lowest BCUT2D eigenvalue weighted by molar-refractivity contribution is -0.385. The van der Waals surface area contributed by atoms with Gasteiger partial charge in [0.2, 0.25) is 0 Å². The summed E-state index contributed by atoms with van der Waals surface area (Å²) in [5.41, 5.74) is 1.96. The quantitative estimate of drug-likeness (QED) is 0.438. The second kappa shape index (κ2) is 9.05. The molecule has 0 aromatic heterocycles. The fraction of sp³-hybridized carbons (Fsp3) is 0.300. The second-order valence-electron chi connectivity index (χ2n) is 6.61. The largest absolute Gasteiger partial charge is 0.465 e. The first kappa shape index (κ1) is 20.1. The minimum Gasteiger partial charge on any atom is -0.465 e. The predicted molar refractivity (Wildman–Crippen MR) is 108 cm³/mol. The van der Waals surface area contributed by atoms with E-state index in [0.717, 1.165) is 31.6 Å². The summed E-state index contributed by atoms with van der Waals surface area (Å²) in [5.74, 6) is -0.499. The third-order valence-corrected chi connectivity index (χ3v) is 4.74. The monoisotopic (exact) mass is 398 g/mol. The molecule has 0 radical (unpaired) electrons. The summed E-state index contributed by atoms with van der Waals surface area (Å²) >= 11 is 0. The Morgan fingerprint density at radius 2 is 1.90 bits per heavy atom. The lowest BCUT2D eigenvalue weighted by Gasteiger charge is -2.22. The maximum absolute atomic E-state index is 12.5. The van der Waals surface area contributed by atoms with Crippen molar-refractivity contribution in [1.29, 1.82) is 0 Å². The molecule has 3 rings (SSSR count). The highest BCUT2D eigenvalue weighted by Gasteiger charge is 2.19. The number of rotatable bonds is 6.